The number of hydrogen-bond donors (Lipinski definition) is 0. The van der Waals surface area contributed by atoms with E-state index >= 15 is 0 Å². The molecule has 0 aromatic heterocycles. The average Bonchev–Trinajstić information content (AvgIpc) is 2.37. The third-order valence-corrected chi connectivity index (χ3v) is 3.48. The topological polar surface area (TPSA) is 17.1 Å². The van der Waals surface area contributed by atoms with Crippen molar-refractivity contribution in [1.82, 2.24) is 0 Å². The van der Waals surface area contributed by atoms with Gasteiger partial charge in [0.1, 0.15) is 0 Å². The van der Waals surface area contributed by atoms with Gasteiger partial charge in [-0.2, -0.15) is 0 Å². The van der Waals surface area contributed by atoms with Crippen molar-refractivity contribution in [2.24, 2.45) is 0 Å². The molecule has 17 heavy (non-hydrogen) atoms. The van der Waals surface area contributed by atoms with Crippen molar-refractivity contribution in [3.05, 3.63) is 47.5 Å². The summed E-state index contributed by atoms with van der Waals surface area (Å²) in [6.07, 6.45) is 8.86. The lowest BCUT2D eigenvalue weighted by Gasteiger charge is -2.24. The van der Waals surface area contributed by atoms with Gasteiger partial charge in [0.15, 0.2) is 5.78 Å². The Morgan fingerprint density at radius 1 is 1.41 bits per heavy atom. The van der Waals surface area contributed by atoms with Gasteiger partial charge in [-0.25, -0.2) is 0 Å². The van der Waals surface area contributed by atoms with Crippen molar-refractivity contribution in [2.75, 3.05) is 0 Å². The minimum atomic E-state index is 0.272. The Bertz CT molecular complexity index is 417. The number of carbonyl (C=O) groups is 1. The predicted molar refractivity (Wildman–Crippen MR) is 71.2 cm³/mol. The third kappa shape index (κ3) is 3.06. The second kappa shape index (κ2) is 5.81. The number of allylic oxidation sites excluding steroid dienone is 2. The SMILES string of the molecule is CC/C=C/C(=O)CC1CCCc2ccccc21. The van der Waals surface area contributed by atoms with Crippen molar-refractivity contribution in [1.29, 1.82) is 0 Å². The molecule has 0 amide bonds. The van der Waals surface area contributed by atoms with Gasteiger partial charge < -0.3 is 0 Å². The number of aryl methyl sites for hydroxylation is 1. The monoisotopic (exact) mass is 228 g/mol. The van der Waals surface area contributed by atoms with Crippen LogP contribution in [0.5, 0.6) is 0 Å². The standard InChI is InChI=1S/C16H20O/c1-2-3-10-15(17)12-14-9-6-8-13-7-4-5-11-16(13)14/h3-5,7,10-11,14H,2,6,8-9,12H2,1H3/b10-3+. The first kappa shape index (κ1) is 12.1. The Morgan fingerprint density at radius 2 is 2.24 bits per heavy atom. The van der Waals surface area contributed by atoms with Gasteiger partial charge in [0.2, 0.25) is 0 Å². The van der Waals surface area contributed by atoms with Crippen LogP contribution in [-0.4, -0.2) is 5.78 Å². The van der Waals surface area contributed by atoms with Gasteiger partial charge in [0.25, 0.3) is 0 Å². The zero-order valence-electron chi connectivity index (χ0n) is 10.5. The van der Waals surface area contributed by atoms with Gasteiger partial charge in [0, 0.05) is 6.42 Å². The van der Waals surface area contributed by atoms with Gasteiger partial charge >= 0.3 is 0 Å². The van der Waals surface area contributed by atoms with E-state index in [-0.39, 0.29) is 5.78 Å². The second-order valence-electron chi connectivity index (χ2n) is 4.77. The number of benzene rings is 1. The maximum Gasteiger partial charge on any atom is 0.155 e. The summed E-state index contributed by atoms with van der Waals surface area (Å²) in [5.41, 5.74) is 2.84. The highest BCUT2D eigenvalue weighted by Gasteiger charge is 2.21. The molecule has 0 saturated carbocycles. The highest BCUT2D eigenvalue weighted by molar-refractivity contribution is 5.90. The maximum absolute atomic E-state index is 11.8. The van der Waals surface area contributed by atoms with Crippen LogP contribution in [0.1, 0.15) is 49.7 Å². The van der Waals surface area contributed by atoms with Crippen LogP contribution in [0.2, 0.25) is 0 Å². The minimum absolute atomic E-state index is 0.272. The van der Waals surface area contributed by atoms with Gasteiger partial charge in [-0.05, 0) is 48.8 Å². The molecule has 1 nitrogen and oxygen atoms in total. The van der Waals surface area contributed by atoms with E-state index in [2.05, 4.69) is 31.2 Å². The number of hydrogen-bond acceptors (Lipinski definition) is 1. The normalized spacial score (nSPS) is 19.2. The zero-order chi connectivity index (χ0) is 12.1. The molecule has 1 unspecified atom stereocenters. The van der Waals surface area contributed by atoms with Gasteiger partial charge in [0.05, 0.1) is 0 Å². The van der Waals surface area contributed by atoms with E-state index in [1.807, 2.05) is 6.08 Å². The van der Waals surface area contributed by atoms with Crippen LogP contribution in [-0.2, 0) is 11.2 Å². The highest BCUT2D eigenvalue weighted by Crippen LogP contribution is 2.33. The molecule has 1 aliphatic carbocycles. The summed E-state index contributed by atoms with van der Waals surface area (Å²) in [6, 6.07) is 8.58. The predicted octanol–water partition coefficient (Wildman–Crippen LogP) is 4.03. The molecule has 0 radical (unpaired) electrons. The fraction of sp³-hybridized carbons (Fsp3) is 0.438. The molecule has 1 heteroatoms. The number of carbonyl (C=O) groups excluding carboxylic acids is 1. The summed E-state index contributed by atoms with van der Waals surface area (Å²) >= 11 is 0. The molecule has 0 spiro atoms. The van der Waals surface area contributed by atoms with Crippen LogP contribution in [0, 0.1) is 0 Å². The van der Waals surface area contributed by atoms with Crippen LogP contribution in [0.4, 0.5) is 0 Å². The molecule has 1 aromatic rings. The molecule has 1 aliphatic rings. The highest BCUT2D eigenvalue weighted by atomic mass is 16.1. The van der Waals surface area contributed by atoms with Crippen LogP contribution < -0.4 is 0 Å². The second-order valence-corrected chi connectivity index (χ2v) is 4.77. The smallest absolute Gasteiger partial charge is 0.155 e. The fourth-order valence-electron chi connectivity index (χ4n) is 2.63. The molecule has 2 rings (SSSR count). The molecular formula is C16H20O. The van der Waals surface area contributed by atoms with Crippen molar-refractivity contribution in [3.8, 4) is 0 Å². The van der Waals surface area contributed by atoms with E-state index in [1.165, 1.54) is 24.0 Å². The molecule has 0 fully saturated rings. The van der Waals surface area contributed by atoms with Gasteiger partial charge in [-0.1, -0.05) is 37.3 Å². The van der Waals surface area contributed by atoms with Crippen LogP contribution in [0.15, 0.2) is 36.4 Å². The van der Waals surface area contributed by atoms with Crippen molar-refractivity contribution >= 4 is 5.78 Å². The molecule has 0 bridgehead atoms. The van der Waals surface area contributed by atoms with E-state index in [4.69, 9.17) is 0 Å². The molecule has 0 aliphatic heterocycles. The molecule has 1 aromatic carbocycles. The first-order chi connectivity index (χ1) is 8.31. The van der Waals surface area contributed by atoms with Crippen molar-refractivity contribution in [3.63, 3.8) is 0 Å². The molecule has 0 N–H and O–H groups in total. The number of rotatable bonds is 4. The largest absolute Gasteiger partial charge is 0.295 e. The van der Waals surface area contributed by atoms with E-state index < -0.39 is 0 Å². The van der Waals surface area contributed by atoms with Crippen molar-refractivity contribution < 1.29 is 4.79 Å². The van der Waals surface area contributed by atoms with Crippen LogP contribution in [0.25, 0.3) is 0 Å². The Hall–Kier alpha value is -1.37. The van der Waals surface area contributed by atoms with Crippen molar-refractivity contribution in [2.45, 2.75) is 44.9 Å². The van der Waals surface area contributed by atoms with E-state index in [0.29, 0.717) is 12.3 Å². The summed E-state index contributed by atoms with van der Waals surface area (Å²) in [4.78, 5) is 11.8. The fourth-order valence-corrected chi connectivity index (χ4v) is 2.63. The molecule has 1 atom stereocenters. The van der Waals surface area contributed by atoms with Crippen LogP contribution in [0.3, 0.4) is 0 Å². The first-order valence-corrected chi connectivity index (χ1v) is 6.58. The lowest BCUT2D eigenvalue weighted by Crippen LogP contribution is -2.12. The summed E-state index contributed by atoms with van der Waals surface area (Å²) in [6.45, 7) is 2.06. The Kier molecular flexibility index (Phi) is 4.13. The summed E-state index contributed by atoms with van der Waals surface area (Å²) in [7, 11) is 0. The first-order valence-electron chi connectivity index (χ1n) is 6.58. The van der Waals surface area contributed by atoms with Gasteiger partial charge in [-0.3, -0.25) is 4.79 Å². The summed E-state index contributed by atoms with van der Waals surface area (Å²) in [5.74, 6) is 0.711. The Balaban J connectivity index is 2.08. The Labute approximate surface area is 104 Å². The summed E-state index contributed by atoms with van der Waals surface area (Å²) < 4.78 is 0. The van der Waals surface area contributed by atoms with E-state index in [9.17, 15) is 4.79 Å². The molecule has 90 valence electrons. The minimum Gasteiger partial charge on any atom is -0.295 e. The lowest BCUT2D eigenvalue weighted by atomic mass is 9.80. The van der Waals surface area contributed by atoms with Crippen LogP contribution >= 0.6 is 0 Å². The molecule has 0 heterocycles. The Morgan fingerprint density at radius 3 is 3.06 bits per heavy atom. The lowest BCUT2D eigenvalue weighted by molar-refractivity contribution is -0.115. The van der Waals surface area contributed by atoms with E-state index in [0.717, 1.165) is 12.8 Å². The molecule has 0 saturated heterocycles. The quantitative estimate of drug-likeness (QED) is 0.711. The van der Waals surface area contributed by atoms with E-state index in [1.54, 1.807) is 6.08 Å². The third-order valence-electron chi connectivity index (χ3n) is 3.48. The molecular weight excluding hydrogens is 208 g/mol. The number of ketones is 1. The summed E-state index contributed by atoms with van der Waals surface area (Å²) in [5, 5.41) is 0. The zero-order valence-corrected chi connectivity index (χ0v) is 10.5. The maximum atomic E-state index is 11.8. The number of fused-ring (bicyclic) bond motifs is 1. The van der Waals surface area contributed by atoms with Gasteiger partial charge in [-0.15, -0.1) is 0 Å². The average molecular weight is 228 g/mol.